The van der Waals surface area contributed by atoms with Crippen LogP contribution in [-0.2, 0) is 9.59 Å². The van der Waals surface area contributed by atoms with Gasteiger partial charge in [-0.25, -0.2) is 4.68 Å². The van der Waals surface area contributed by atoms with Crippen LogP contribution in [0.3, 0.4) is 0 Å². The SMILES string of the molecule is O=C(O)CCCCC(=O)Nc1cccc(-n2cccn2)c1. The third-order valence-electron chi connectivity index (χ3n) is 2.94. The normalized spacial score (nSPS) is 10.3. The molecule has 1 aromatic heterocycles. The number of carboxylic acid groups (broad SMARTS) is 1. The molecular weight excluding hydrogens is 270 g/mol. The van der Waals surface area contributed by atoms with E-state index in [1.54, 1.807) is 10.9 Å². The van der Waals surface area contributed by atoms with Crippen LogP contribution in [0.5, 0.6) is 0 Å². The van der Waals surface area contributed by atoms with Gasteiger partial charge in [0.15, 0.2) is 0 Å². The molecule has 2 N–H and O–H groups in total. The van der Waals surface area contributed by atoms with Crippen LogP contribution < -0.4 is 5.32 Å². The molecule has 0 aliphatic carbocycles. The molecule has 6 nitrogen and oxygen atoms in total. The zero-order valence-electron chi connectivity index (χ0n) is 11.5. The number of aliphatic carboxylic acids is 1. The molecule has 6 heteroatoms. The number of anilines is 1. The number of amides is 1. The maximum Gasteiger partial charge on any atom is 0.303 e. The van der Waals surface area contributed by atoms with Gasteiger partial charge >= 0.3 is 5.97 Å². The lowest BCUT2D eigenvalue weighted by Gasteiger charge is -2.07. The van der Waals surface area contributed by atoms with Crippen LogP contribution >= 0.6 is 0 Å². The van der Waals surface area contributed by atoms with Crippen LogP contribution in [0, 0.1) is 0 Å². The van der Waals surface area contributed by atoms with Crippen LogP contribution in [0.2, 0.25) is 0 Å². The van der Waals surface area contributed by atoms with Gasteiger partial charge in [-0.2, -0.15) is 5.10 Å². The number of hydrogen-bond acceptors (Lipinski definition) is 3. The highest BCUT2D eigenvalue weighted by atomic mass is 16.4. The first-order valence-electron chi connectivity index (χ1n) is 6.77. The summed E-state index contributed by atoms with van der Waals surface area (Å²) in [5.41, 5.74) is 1.56. The molecule has 1 aromatic carbocycles. The van der Waals surface area contributed by atoms with Gasteiger partial charge in [-0.3, -0.25) is 9.59 Å². The predicted molar refractivity (Wildman–Crippen MR) is 78.3 cm³/mol. The van der Waals surface area contributed by atoms with Gasteiger partial charge in [0, 0.05) is 30.9 Å². The van der Waals surface area contributed by atoms with Gasteiger partial charge in [0.05, 0.1) is 5.69 Å². The van der Waals surface area contributed by atoms with E-state index in [9.17, 15) is 9.59 Å². The standard InChI is InChI=1S/C15H17N3O3/c19-14(7-1-2-8-15(20)21)17-12-5-3-6-13(11-12)18-10-4-9-16-18/h3-6,9-11H,1-2,7-8H2,(H,17,19)(H,20,21). The summed E-state index contributed by atoms with van der Waals surface area (Å²) in [7, 11) is 0. The molecule has 2 rings (SSSR count). The fourth-order valence-electron chi connectivity index (χ4n) is 1.93. The predicted octanol–water partition coefficient (Wildman–Crippen LogP) is 2.46. The Hall–Kier alpha value is -2.63. The maximum absolute atomic E-state index is 11.8. The van der Waals surface area contributed by atoms with Gasteiger partial charge in [0.25, 0.3) is 0 Å². The quantitative estimate of drug-likeness (QED) is 0.766. The minimum absolute atomic E-state index is 0.0993. The van der Waals surface area contributed by atoms with Crippen molar-refractivity contribution in [1.82, 2.24) is 9.78 Å². The lowest BCUT2D eigenvalue weighted by atomic mass is 10.2. The van der Waals surface area contributed by atoms with E-state index in [0.717, 1.165) is 5.69 Å². The molecule has 1 amide bonds. The van der Waals surface area contributed by atoms with E-state index in [0.29, 0.717) is 24.9 Å². The number of carbonyl (C=O) groups is 2. The Morgan fingerprint density at radius 2 is 2.00 bits per heavy atom. The van der Waals surface area contributed by atoms with Crippen LogP contribution in [0.15, 0.2) is 42.7 Å². The van der Waals surface area contributed by atoms with Crippen LogP contribution in [0.25, 0.3) is 5.69 Å². The number of aromatic nitrogens is 2. The summed E-state index contributed by atoms with van der Waals surface area (Å²) < 4.78 is 1.71. The largest absolute Gasteiger partial charge is 0.481 e. The Labute approximate surface area is 122 Å². The van der Waals surface area contributed by atoms with Gasteiger partial charge in [-0.15, -0.1) is 0 Å². The van der Waals surface area contributed by atoms with Crippen LogP contribution in [-0.4, -0.2) is 26.8 Å². The molecule has 21 heavy (non-hydrogen) atoms. The van der Waals surface area contributed by atoms with Gasteiger partial charge < -0.3 is 10.4 Å². The maximum atomic E-state index is 11.8. The molecule has 0 atom stereocenters. The monoisotopic (exact) mass is 287 g/mol. The molecular formula is C15H17N3O3. The minimum Gasteiger partial charge on any atom is -0.481 e. The number of unbranched alkanes of at least 4 members (excludes halogenated alkanes) is 1. The molecule has 110 valence electrons. The minimum atomic E-state index is -0.831. The van der Waals surface area contributed by atoms with Crippen molar-refractivity contribution >= 4 is 17.6 Å². The van der Waals surface area contributed by atoms with E-state index >= 15 is 0 Å². The average molecular weight is 287 g/mol. The van der Waals surface area contributed by atoms with E-state index in [2.05, 4.69) is 10.4 Å². The van der Waals surface area contributed by atoms with Crippen molar-refractivity contribution in [2.75, 3.05) is 5.32 Å². The van der Waals surface area contributed by atoms with Crippen LogP contribution in [0.1, 0.15) is 25.7 Å². The fourth-order valence-corrected chi connectivity index (χ4v) is 1.93. The first-order chi connectivity index (χ1) is 10.1. The molecule has 0 saturated carbocycles. The summed E-state index contributed by atoms with van der Waals surface area (Å²) >= 11 is 0. The summed E-state index contributed by atoms with van der Waals surface area (Å²) in [5, 5.41) is 15.5. The average Bonchev–Trinajstić information content (AvgIpc) is 2.98. The Morgan fingerprint density at radius 3 is 2.71 bits per heavy atom. The highest BCUT2D eigenvalue weighted by Gasteiger charge is 2.05. The Kier molecular flexibility index (Phi) is 5.09. The number of carboxylic acids is 1. The van der Waals surface area contributed by atoms with Crippen molar-refractivity contribution in [3.8, 4) is 5.69 Å². The number of benzene rings is 1. The third kappa shape index (κ3) is 4.76. The summed E-state index contributed by atoms with van der Waals surface area (Å²) in [4.78, 5) is 22.2. The lowest BCUT2D eigenvalue weighted by molar-refractivity contribution is -0.137. The molecule has 0 fully saturated rings. The van der Waals surface area contributed by atoms with E-state index in [-0.39, 0.29) is 12.3 Å². The molecule has 0 saturated heterocycles. The summed E-state index contributed by atoms with van der Waals surface area (Å²) in [6.45, 7) is 0. The van der Waals surface area contributed by atoms with Crippen molar-refractivity contribution in [3.05, 3.63) is 42.7 Å². The van der Waals surface area contributed by atoms with E-state index in [4.69, 9.17) is 5.11 Å². The lowest BCUT2D eigenvalue weighted by Crippen LogP contribution is -2.11. The molecule has 0 aliphatic heterocycles. The Balaban J connectivity index is 1.86. The topological polar surface area (TPSA) is 84.2 Å². The smallest absolute Gasteiger partial charge is 0.303 e. The highest BCUT2D eigenvalue weighted by Crippen LogP contribution is 2.14. The molecule has 0 bridgehead atoms. The van der Waals surface area contributed by atoms with Gasteiger partial charge in [0.1, 0.15) is 0 Å². The van der Waals surface area contributed by atoms with Gasteiger partial charge in [0.2, 0.25) is 5.91 Å². The second kappa shape index (κ2) is 7.23. The zero-order chi connectivity index (χ0) is 15.1. The number of rotatable bonds is 7. The van der Waals surface area contributed by atoms with Crippen molar-refractivity contribution in [2.24, 2.45) is 0 Å². The van der Waals surface area contributed by atoms with Gasteiger partial charge in [-0.1, -0.05) is 6.07 Å². The first kappa shape index (κ1) is 14.8. The van der Waals surface area contributed by atoms with Crippen molar-refractivity contribution in [1.29, 1.82) is 0 Å². The molecule has 0 aliphatic rings. The number of nitrogens with one attached hydrogen (secondary N) is 1. The summed E-state index contributed by atoms with van der Waals surface area (Å²) in [5.74, 6) is -0.944. The second-order valence-corrected chi connectivity index (χ2v) is 4.65. The first-order valence-corrected chi connectivity index (χ1v) is 6.77. The second-order valence-electron chi connectivity index (χ2n) is 4.65. The molecule has 2 aromatic rings. The highest BCUT2D eigenvalue weighted by molar-refractivity contribution is 5.90. The van der Waals surface area contributed by atoms with Crippen molar-refractivity contribution < 1.29 is 14.7 Å². The zero-order valence-corrected chi connectivity index (χ0v) is 11.5. The Morgan fingerprint density at radius 1 is 1.19 bits per heavy atom. The fraction of sp³-hybridized carbons (Fsp3) is 0.267. The number of hydrogen-bond donors (Lipinski definition) is 2. The summed E-state index contributed by atoms with van der Waals surface area (Å²) in [6, 6.07) is 9.21. The third-order valence-corrected chi connectivity index (χ3v) is 2.94. The van der Waals surface area contributed by atoms with E-state index in [1.165, 1.54) is 0 Å². The number of carbonyl (C=O) groups excluding carboxylic acids is 1. The molecule has 1 heterocycles. The molecule has 0 spiro atoms. The molecule has 0 unspecified atom stereocenters. The van der Waals surface area contributed by atoms with Crippen molar-refractivity contribution in [2.45, 2.75) is 25.7 Å². The Bertz CT molecular complexity index is 608. The van der Waals surface area contributed by atoms with E-state index in [1.807, 2.05) is 36.5 Å². The molecule has 0 radical (unpaired) electrons. The van der Waals surface area contributed by atoms with E-state index < -0.39 is 5.97 Å². The van der Waals surface area contributed by atoms with Crippen LogP contribution in [0.4, 0.5) is 5.69 Å². The van der Waals surface area contributed by atoms with Crippen molar-refractivity contribution in [3.63, 3.8) is 0 Å². The summed E-state index contributed by atoms with van der Waals surface area (Å²) in [6.07, 6.45) is 5.01. The van der Waals surface area contributed by atoms with Gasteiger partial charge in [-0.05, 0) is 37.1 Å². The number of nitrogens with zero attached hydrogens (tertiary/aromatic N) is 2.